The van der Waals surface area contributed by atoms with Crippen LogP contribution in [0.3, 0.4) is 0 Å². The maximum Gasteiger partial charge on any atom is 0.220 e. The van der Waals surface area contributed by atoms with Gasteiger partial charge in [0.2, 0.25) is 5.91 Å². The zero-order valence-corrected chi connectivity index (χ0v) is 13.7. The number of anilines is 1. The van der Waals surface area contributed by atoms with E-state index in [9.17, 15) is 4.79 Å². The Balaban J connectivity index is 1.45. The van der Waals surface area contributed by atoms with Crippen LogP contribution >= 0.6 is 11.6 Å². The molecule has 1 aromatic heterocycles. The van der Waals surface area contributed by atoms with Crippen molar-refractivity contribution in [3.63, 3.8) is 0 Å². The highest BCUT2D eigenvalue weighted by atomic mass is 35.5. The molecule has 2 heterocycles. The molecule has 1 saturated heterocycles. The number of amides is 1. The molecule has 0 spiro atoms. The van der Waals surface area contributed by atoms with Crippen molar-refractivity contribution in [2.75, 3.05) is 18.0 Å². The van der Waals surface area contributed by atoms with E-state index in [1.165, 1.54) is 12.8 Å². The average Bonchev–Trinajstić information content (AvgIpc) is 3.01. The number of piperidine rings is 1. The lowest BCUT2D eigenvalue weighted by Gasteiger charge is -2.33. The minimum atomic E-state index is 0.237. The monoisotopic (exact) mass is 321 g/mol. The third kappa shape index (κ3) is 3.92. The summed E-state index contributed by atoms with van der Waals surface area (Å²) in [6, 6.07) is 4.16. The lowest BCUT2D eigenvalue weighted by Crippen LogP contribution is -2.38. The number of carbonyl (C=O) groups excluding carboxylic acids is 1. The Kier molecular flexibility index (Phi) is 5.19. The number of aromatic nitrogens is 1. The maximum absolute atomic E-state index is 12.1. The molecule has 0 radical (unpaired) electrons. The number of nitrogens with one attached hydrogen (secondary N) is 1. The zero-order valence-electron chi connectivity index (χ0n) is 12.9. The van der Waals surface area contributed by atoms with Crippen LogP contribution in [0.25, 0.3) is 0 Å². The molecule has 1 aliphatic carbocycles. The van der Waals surface area contributed by atoms with Gasteiger partial charge in [-0.1, -0.05) is 24.4 Å². The number of hydrogen-bond donors (Lipinski definition) is 1. The third-order valence-electron chi connectivity index (χ3n) is 4.85. The summed E-state index contributed by atoms with van der Waals surface area (Å²) in [5, 5.41) is 3.90. The molecule has 120 valence electrons. The summed E-state index contributed by atoms with van der Waals surface area (Å²) >= 11 is 6.21. The van der Waals surface area contributed by atoms with E-state index in [2.05, 4.69) is 15.2 Å². The largest absolute Gasteiger partial charge is 0.355 e. The third-order valence-corrected chi connectivity index (χ3v) is 5.14. The van der Waals surface area contributed by atoms with Crippen molar-refractivity contribution in [3.05, 3.63) is 23.4 Å². The molecule has 0 aromatic carbocycles. The molecular weight excluding hydrogens is 298 g/mol. The van der Waals surface area contributed by atoms with Crippen molar-refractivity contribution in [1.29, 1.82) is 0 Å². The van der Waals surface area contributed by atoms with E-state index in [1.54, 1.807) is 6.20 Å². The first kappa shape index (κ1) is 15.6. The van der Waals surface area contributed by atoms with Gasteiger partial charge in [-0.05, 0) is 43.7 Å². The summed E-state index contributed by atoms with van der Waals surface area (Å²) in [7, 11) is 0. The van der Waals surface area contributed by atoms with Gasteiger partial charge in [0.05, 0.1) is 5.02 Å². The van der Waals surface area contributed by atoms with E-state index in [0.717, 1.165) is 44.6 Å². The summed E-state index contributed by atoms with van der Waals surface area (Å²) in [5.41, 5.74) is 0. The highest BCUT2D eigenvalue weighted by Crippen LogP contribution is 2.28. The predicted octanol–water partition coefficient (Wildman–Crippen LogP) is 3.40. The second kappa shape index (κ2) is 7.32. The lowest BCUT2D eigenvalue weighted by molar-refractivity contribution is -0.122. The van der Waals surface area contributed by atoms with Crippen LogP contribution in [-0.4, -0.2) is 30.0 Å². The second-order valence-corrected chi connectivity index (χ2v) is 6.90. The van der Waals surface area contributed by atoms with Gasteiger partial charge in [-0.15, -0.1) is 0 Å². The smallest absolute Gasteiger partial charge is 0.220 e. The van der Waals surface area contributed by atoms with Gasteiger partial charge >= 0.3 is 0 Å². The molecule has 5 heteroatoms. The summed E-state index contributed by atoms with van der Waals surface area (Å²) in [6.45, 7) is 1.86. The van der Waals surface area contributed by atoms with E-state index >= 15 is 0 Å². The van der Waals surface area contributed by atoms with Crippen LogP contribution in [0.1, 0.15) is 44.9 Å². The van der Waals surface area contributed by atoms with Crippen LogP contribution in [0, 0.1) is 5.92 Å². The number of carbonyl (C=O) groups is 1. The highest BCUT2D eigenvalue weighted by molar-refractivity contribution is 6.32. The molecule has 4 nitrogen and oxygen atoms in total. The minimum Gasteiger partial charge on any atom is -0.355 e. The average molecular weight is 322 g/mol. The normalized spacial score (nSPS) is 20.3. The van der Waals surface area contributed by atoms with Crippen LogP contribution < -0.4 is 10.2 Å². The number of nitrogens with zero attached hydrogens (tertiary/aromatic N) is 2. The van der Waals surface area contributed by atoms with Gasteiger partial charge in [0.15, 0.2) is 0 Å². The Morgan fingerprint density at radius 1 is 1.27 bits per heavy atom. The van der Waals surface area contributed by atoms with Crippen molar-refractivity contribution in [1.82, 2.24) is 10.3 Å². The van der Waals surface area contributed by atoms with Gasteiger partial charge in [0.25, 0.3) is 0 Å². The molecular formula is C17H24ClN3O. The molecule has 22 heavy (non-hydrogen) atoms. The van der Waals surface area contributed by atoms with Crippen molar-refractivity contribution in [3.8, 4) is 0 Å². The Morgan fingerprint density at radius 2 is 2.00 bits per heavy atom. The molecule has 3 rings (SSSR count). The predicted molar refractivity (Wildman–Crippen MR) is 89.2 cm³/mol. The maximum atomic E-state index is 12.1. The fourth-order valence-electron chi connectivity index (χ4n) is 3.58. The summed E-state index contributed by atoms with van der Waals surface area (Å²) < 4.78 is 0. The molecule has 1 saturated carbocycles. The second-order valence-electron chi connectivity index (χ2n) is 6.49. The van der Waals surface area contributed by atoms with Gasteiger partial charge in [-0.2, -0.15) is 0 Å². The van der Waals surface area contributed by atoms with E-state index in [1.807, 2.05) is 12.1 Å². The Bertz CT molecular complexity index is 508. The molecule has 1 N–H and O–H groups in total. The first-order chi connectivity index (χ1) is 10.7. The number of pyridine rings is 1. The highest BCUT2D eigenvalue weighted by Gasteiger charge is 2.24. The summed E-state index contributed by atoms with van der Waals surface area (Å²) in [4.78, 5) is 18.7. The first-order valence-electron chi connectivity index (χ1n) is 8.37. The Labute approximate surface area is 137 Å². The zero-order chi connectivity index (χ0) is 15.4. The van der Waals surface area contributed by atoms with Gasteiger partial charge < -0.3 is 10.2 Å². The molecule has 1 aliphatic heterocycles. The first-order valence-corrected chi connectivity index (χ1v) is 8.75. The number of halogens is 1. The molecule has 1 amide bonds. The fourth-order valence-corrected chi connectivity index (χ4v) is 3.82. The van der Waals surface area contributed by atoms with Crippen LogP contribution in [-0.2, 0) is 4.79 Å². The molecule has 0 unspecified atom stereocenters. The van der Waals surface area contributed by atoms with Gasteiger partial charge in [0.1, 0.15) is 5.82 Å². The standard InChI is InChI=1S/C17H24ClN3O/c18-15-6-3-9-19-17(15)21-10-7-13(8-11-21)12-16(22)20-14-4-1-2-5-14/h3,6,9,13-14H,1-2,4-5,7-8,10-12H2,(H,20,22). The van der Waals surface area contributed by atoms with Gasteiger partial charge in [-0.25, -0.2) is 4.98 Å². The minimum absolute atomic E-state index is 0.237. The quantitative estimate of drug-likeness (QED) is 0.924. The van der Waals surface area contributed by atoms with Gasteiger partial charge in [-0.3, -0.25) is 4.79 Å². The molecule has 0 bridgehead atoms. The summed E-state index contributed by atoms with van der Waals surface area (Å²) in [5.74, 6) is 1.60. The number of hydrogen-bond acceptors (Lipinski definition) is 3. The SMILES string of the molecule is O=C(CC1CCN(c2ncccc2Cl)CC1)NC1CCCC1. The number of rotatable bonds is 4. The molecule has 2 aliphatic rings. The van der Waals surface area contributed by atoms with E-state index < -0.39 is 0 Å². The van der Waals surface area contributed by atoms with E-state index in [-0.39, 0.29) is 5.91 Å². The topological polar surface area (TPSA) is 45.2 Å². The molecule has 0 atom stereocenters. The van der Waals surface area contributed by atoms with Crippen molar-refractivity contribution in [2.45, 2.75) is 51.0 Å². The molecule has 2 fully saturated rings. The van der Waals surface area contributed by atoms with Crippen LogP contribution in [0.2, 0.25) is 5.02 Å². The Hall–Kier alpha value is -1.29. The lowest BCUT2D eigenvalue weighted by atomic mass is 9.93. The van der Waals surface area contributed by atoms with Crippen LogP contribution in [0.15, 0.2) is 18.3 Å². The van der Waals surface area contributed by atoms with E-state index in [0.29, 0.717) is 23.4 Å². The van der Waals surface area contributed by atoms with Crippen molar-refractivity contribution < 1.29 is 4.79 Å². The van der Waals surface area contributed by atoms with Crippen molar-refractivity contribution >= 4 is 23.3 Å². The van der Waals surface area contributed by atoms with Gasteiger partial charge in [0, 0.05) is 31.7 Å². The van der Waals surface area contributed by atoms with E-state index in [4.69, 9.17) is 11.6 Å². The van der Waals surface area contributed by atoms with Crippen LogP contribution in [0.5, 0.6) is 0 Å². The van der Waals surface area contributed by atoms with Crippen molar-refractivity contribution in [2.24, 2.45) is 5.92 Å². The fraction of sp³-hybridized carbons (Fsp3) is 0.647. The molecule has 1 aromatic rings. The van der Waals surface area contributed by atoms with Crippen LogP contribution in [0.4, 0.5) is 5.82 Å². The summed E-state index contributed by atoms with van der Waals surface area (Å²) in [6.07, 6.45) is 9.34. The Morgan fingerprint density at radius 3 is 2.68 bits per heavy atom.